The summed E-state index contributed by atoms with van der Waals surface area (Å²) >= 11 is 0. The number of nitrogens with one attached hydrogen (secondary N) is 2. The number of hydrogen-bond donors (Lipinski definition) is 2. The van der Waals surface area contributed by atoms with Crippen LogP contribution in [0.25, 0.3) is 0 Å². The van der Waals surface area contributed by atoms with Crippen molar-refractivity contribution in [3.8, 4) is 5.75 Å². The molecule has 0 atom stereocenters. The van der Waals surface area contributed by atoms with E-state index in [0.29, 0.717) is 12.3 Å². The Balaban J connectivity index is 1.75. The van der Waals surface area contributed by atoms with Gasteiger partial charge in [-0.15, -0.1) is 0 Å². The smallest absolute Gasteiger partial charge is 0.313 e. The van der Waals surface area contributed by atoms with Gasteiger partial charge in [0.05, 0.1) is 6.61 Å². The highest BCUT2D eigenvalue weighted by Crippen LogP contribution is 2.18. The molecule has 0 aromatic heterocycles. The van der Waals surface area contributed by atoms with Gasteiger partial charge in [-0.1, -0.05) is 32.6 Å². The lowest BCUT2D eigenvalue weighted by Gasteiger charge is -2.12. The fourth-order valence-corrected chi connectivity index (χ4v) is 2.69. The van der Waals surface area contributed by atoms with Crippen molar-refractivity contribution in [1.29, 1.82) is 0 Å². The average Bonchev–Trinajstić information content (AvgIpc) is 3.06. The van der Waals surface area contributed by atoms with Gasteiger partial charge in [-0.05, 0) is 43.5 Å². The van der Waals surface area contributed by atoms with Gasteiger partial charge in [0.2, 0.25) is 0 Å². The van der Waals surface area contributed by atoms with E-state index >= 15 is 0 Å². The van der Waals surface area contributed by atoms with Crippen molar-refractivity contribution >= 4 is 17.5 Å². The zero-order valence-corrected chi connectivity index (χ0v) is 13.8. The molecule has 2 N–H and O–H groups in total. The monoisotopic (exact) mass is 318 g/mol. The second-order valence-electron chi connectivity index (χ2n) is 5.99. The largest absolute Gasteiger partial charge is 0.494 e. The number of anilines is 1. The van der Waals surface area contributed by atoms with Gasteiger partial charge in [0.15, 0.2) is 0 Å². The molecule has 1 aromatic carbocycles. The van der Waals surface area contributed by atoms with E-state index in [4.69, 9.17) is 4.74 Å². The summed E-state index contributed by atoms with van der Waals surface area (Å²) in [6, 6.07) is 7.24. The zero-order chi connectivity index (χ0) is 16.5. The molecule has 0 heterocycles. The van der Waals surface area contributed by atoms with Crippen LogP contribution in [0.2, 0.25) is 0 Å². The number of hydrogen-bond acceptors (Lipinski definition) is 3. The second-order valence-corrected chi connectivity index (χ2v) is 5.99. The molecule has 0 aliphatic heterocycles. The summed E-state index contributed by atoms with van der Waals surface area (Å²) in [4.78, 5) is 23.7. The third-order valence-electron chi connectivity index (χ3n) is 4.03. The number of carbonyl (C=O) groups is 2. The maximum Gasteiger partial charge on any atom is 0.313 e. The Morgan fingerprint density at radius 2 is 1.78 bits per heavy atom. The van der Waals surface area contributed by atoms with Gasteiger partial charge in [0, 0.05) is 11.7 Å². The van der Waals surface area contributed by atoms with E-state index in [-0.39, 0.29) is 6.04 Å². The molecule has 0 spiro atoms. The van der Waals surface area contributed by atoms with Gasteiger partial charge < -0.3 is 15.4 Å². The molecule has 2 amide bonds. The van der Waals surface area contributed by atoms with Crippen LogP contribution in [0.1, 0.15) is 51.9 Å². The number of unbranched alkanes of at least 4 members (excludes halogenated alkanes) is 2. The molecule has 0 saturated heterocycles. The van der Waals surface area contributed by atoms with Crippen LogP contribution >= 0.6 is 0 Å². The Morgan fingerprint density at radius 1 is 1.09 bits per heavy atom. The van der Waals surface area contributed by atoms with Crippen LogP contribution < -0.4 is 15.4 Å². The van der Waals surface area contributed by atoms with Crippen molar-refractivity contribution in [1.82, 2.24) is 5.32 Å². The molecule has 5 heteroatoms. The SMILES string of the molecule is CCCCCOc1ccc(NC(=O)C(=O)NC2CCCC2)cc1. The van der Waals surface area contributed by atoms with Crippen molar-refractivity contribution in [3.63, 3.8) is 0 Å². The molecule has 1 aliphatic carbocycles. The van der Waals surface area contributed by atoms with E-state index in [9.17, 15) is 9.59 Å². The Morgan fingerprint density at radius 3 is 2.43 bits per heavy atom. The van der Waals surface area contributed by atoms with Gasteiger partial charge in [-0.2, -0.15) is 0 Å². The van der Waals surface area contributed by atoms with Crippen molar-refractivity contribution < 1.29 is 14.3 Å². The summed E-state index contributed by atoms with van der Waals surface area (Å²) in [6.07, 6.45) is 7.52. The standard InChI is InChI=1S/C18H26N2O3/c1-2-3-6-13-23-16-11-9-15(10-12-16)20-18(22)17(21)19-14-7-4-5-8-14/h9-12,14H,2-8,13H2,1H3,(H,19,21)(H,20,22). The van der Waals surface area contributed by atoms with Crippen LogP contribution in [0.5, 0.6) is 5.75 Å². The minimum atomic E-state index is -0.617. The first-order valence-electron chi connectivity index (χ1n) is 8.53. The van der Waals surface area contributed by atoms with Crippen LogP contribution in [-0.4, -0.2) is 24.5 Å². The molecule has 0 unspecified atom stereocenters. The number of ether oxygens (including phenoxy) is 1. The average molecular weight is 318 g/mol. The van der Waals surface area contributed by atoms with Crippen molar-refractivity contribution in [2.75, 3.05) is 11.9 Å². The van der Waals surface area contributed by atoms with Crippen LogP contribution in [0, 0.1) is 0 Å². The highest BCUT2D eigenvalue weighted by Gasteiger charge is 2.21. The van der Waals surface area contributed by atoms with Crippen molar-refractivity contribution in [3.05, 3.63) is 24.3 Å². The molecular formula is C18H26N2O3. The van der Waals surface area contributed by atoms with Crippen molar-refractivity contribution in [2.45, 2.75) is 57.9 Å². The third-order valence-corrected chi connectivity index (χ3v) is 4.03. The lowest BCUT2D eigenvalue weighted by Crippen LogP contribution is -2.40. The molecule has 1 saturated carbocycles. The van der Waals surface area contributed by atoms with E-state index in [1.807, 2.05) is 0 Å². The minimum Gasteiger partial charge on any atom is -0.494 e. The molecule has 1 aliphatic rings. The predicted molar refractivity (Wildman–Crippen MR) is 90.5 cm³/mol. The molecule has 1 aromatic rings. The highest BCUT2D eigenvalue weighted by molar-refractivity contribution is 6.39. The van der Waals surface area contributed by atoms with Gasteiger partial charge >= 0.3 is 11.8 Å². The summed E-state index contributed by atoms with van der Waals surface area (Å²) in [5.41, 5.74) is 0.595. The maximum absolute atomic E-state index is 11.9. The van der Waals surface area contributed by atoms with E-state index in [2.05, 4.69) is 17.6 Å². The number of amides is 2. The fourth-order valence-electron chi connectivity index (χ4n) is 2.69. The summed E-state index contributed by atoms with van der Waals surface area (Å²) in [5, 5.41) is 5.39. The quantitative estimate of drug-likeness (QED) is 0.599. The Labute approximate surface area is 137 Å². The molecule has 126 valence electrons. The summed E-state index contributed by atoms with van der Waals surface area (Å²) < 4.78 is 5.61. The molecule has 23 heavy (non-hydrogen) atoms. The van der Waals surface area contributed by atoms with Gasteiger partial charge in [0.25, 0.3) is 0 Å². The lowest BCUT2D eigenvalue weighted by atomic mass is 10.2. The second kappa shape index (κ2) is 9.18. The number of rotatable bonds is 7. The fraction of sp³-hybridized carbons (Fsp3) is 0.556. The summed E-state index contributed by atoms with van der Waals surface area (Å²) in [7, 11) is 0. The van der Waals surface area contributed by atoms with Crippen LogP contribution in [-0.2, 0) is 9.59 Å². The first-order valence-corrected chi connectivity index (χ1v) is 8.53. The first-order chi connectivity index (χ1) is 11.2. The van der Waals surface area contributed by atoms with Gasteiger partial charge in [0.1, 0.15) is 5.75 Å². The lowest BCUT2D eigenvalue weighted by molar-refractivity contribution is -0.136. The zero-order valence-electron chi connectivity index (χ0n) is 13.8. The third kappa shape index (κ3) is 5.93. The van der Waals surface area contributed by atoms with Crippen molar-refractivity contribution in [2.24, 2.45) is 0 Å². The number of carbonyl (C=O) groups excluding carboxylic acids is 2. The molecule has 0 radical (unpaired) electrons. The Bertz CT molecular complexity index is 508. The minimum absolute atomic E-state index is 0.146. The molecular weight excluding hydrogens is 292 g/mol. The molecule has 5 nitrogen and oxygen atoms in total. The maximum atomic E-state index is 11.9. The van der Waals surface area contributed by atoms with E-state index in [0.717, 1.165) is 50.7 Å². The van der Waals surface area contributed by atoms with E-state index in [1.165, 1.54) is 0 Å². The van der Waals surface area contributed by atoms with E-state index in [1.54, 1.807) is 24.3 Å². The number of benzene rings is 1. The highest BCUT2D eigenvalue weighted by atomic mass is 16.5. The normalized spacial score (nSPS) is 14.5. The summed E-state index contributed by atoms with van der Waals surface area (Å²) in [6.45, 7) is 2.85. The topological polar surface area (TPSA) is 67.4 Å². The molecule has 0 bridgehead atoms. The molecule has 1 fully saturated rings. The Kier molecular flexibility index (Phi) is 6.91. The van der Waals surface area contributed by atoms with Crippen LogP contribution in [0.15, 0.2) is 24.3 Å². The van der Waals surface area contributed by atoms with Gasteiger partial charge in [-0.3, -0.25) is 9.59 Å². The molecule has 2 rings (SSSR count). The van der Waals surface area contributed by atoms with E-state index < -0.39 is 11.8 Å². The summed E-state index contributed by atoms with van der Waals surface area (Å²) in [5.74, 6) is -0.403. The van der Waals surface area contributed by atoms with Crippen LogP contribution in [0.3, 0.4) is 0 Å². The van der Waals surface area contributed by atoms with Gasteiger partial charge in [-0.25, -0.2) is 0 Å². The first kappa shape index (κ1) is 17.3. The van der Waals surface area contributed by atoms with Crippen LogP contribution in [0.4, 0.5) is 5.69 Å². The predicted octanol–water partition coefficient (Wildman–Crippen LogP) is 3.25. The Hall–Kier alpha value is -2.04.